The fraction of sp³-hybridized carbons (Fsp3) is 0.381. The monoisotopic (exact) mass is 471 g/mol. The summed E-state index contributed by atoms with van der Waals surface area (Å²) in [6.07, 6.45) is -5.76. The molecule has 33 heavy (non-hydrogen) atoms. The zero-order valence-electron chi connectivity index (χ0n) is 17.3. The Morgan fingerprint density at radius 2 is 1.85 bits per heavy atom. The van der Waals surface area contributed by atoms with Gasteiger partial charge in [-0.05, 0) is 24.6 Å². The predicted molar refractivity (Wildman–Crippen MR) is 102 cm³/mol. The van der Waals surface area contributed by atoms with Gasteiger partial charge in [0.25, 0.3) is 11.8 Å². The summed E-state index contributed by atoms with van der Waals surface area (Å²) in [5.41, 5.74) is -0.0297. The lowest BCUT2D eigenvalue weighted by atomic mass is 9.98. The lowest BCUT2D eigenvalue weighted by Crippen LogP contribution is -2.60. The average molecular weight is 471 g/mol. The van der Waals surface area contributed by atoms with E-state index in [0.717, 1.165) is 16.9 Å². The van der Waals surface area contributed by atoms with Crippen LogP contribution >= 0.6 is 0 Å². The lowest BCUT2D eigenvalue weighted by Gasteiger charge is -2.33. The summed E-state index contributed by atoms with van der Waals surface area (Å²) in [5, 5.41) is 0. The van der Waals surface area contributed by atoms with E-state index >= 15 is 0 Å². The summed E-state index contributed by atoms with van der Waals surface area (Å²) in [6, 6.07) is 4.34. The molecular weight excluding hydrogens is 452 g/mol. The smallest absolute Gasteiger partial charge is 0.466 e. The molecule has 1 aromatic carbocycles. The van der Waals surface area contributed by atoms with Crippen molar-refractivity contribution in [3.63, 3.8) is 0 Å². The number of alkyl halides is 3. The number of carbonyl (C=O) groups excluding carboxylic acids is 4. The maximum absolute atomic E-state index is 13.2. The number of hydrogen-bond acceptors (Lipinski definition) is 6. The van der Waals surface area contributed by atoms with Crippen molar-refractivity contribution >= 4 is 29.3 Å². The van der Waals surface area contributed by atoms with Crippen molar-refractivity contribution in [1.29, 1.82) is 0 Å². The molecule has 2 aliphatic rings. The molecule has 0 aromatic heterocycles. The van der Waals surface area contributed by atoms with Crippen molar-refractivity contribution in [2.24, 2.45) is 0 Å². The number of rotatable bonds is 6. The van der Waals surface area contributed by atoms with Crippen LogP contribution < -0.4 is 0 Å². The highest BCUT2D eigenvalue weighted by Crippen LogP contribution is 2.24. The Morgan fingerprint density at radius 3 is 2.45 bits per heavy atom. The summed E-state index contributed by atoms with van der Waals surface area (Å²) < 4.78 is 62.0. The van der Waals surface area contributed by atoms with Gasteiger partial charge in [0.1, 0.15) is 12.2 Å². The van der Waals surface area contributed by atoms with Crippen LogP contribution in [0.25, 0.3) is 0 Å². The molecule has 0 aliphatic carbocycles. The molecule has 0 saturated carbocycles. The van der Waals surface area contributed by atoms with E-state index in [9.17, 15) is 36.7 Å². The summed E-state index contributed by atoms with van der Waals surface area (Å²) >= 11 is 0. The lowest BCUT2D eigenvalue weighted by molar-refractivity contribution is -0.507. The molecule has 2 atom stereocenters. The third kappa shape index (κ3) is 5.44. The van der Waals surface area contributed by atoms with Crippen molar-refractivity contribution in [3.05, 3.63) is 47.9 Å². The second-order valence-electron chi connectivity index (χ2n) is 7.27. The fourth-order valence-corrected chi connectivity index (χ4v) is 3.53. The number of ether oxygens (including phenoxy) is 2. The van der Waals surface area contributed by atoms with Crippen molar-refractivity contribution in [1.82, 2.24) is 4.90 Å². The van der Waals surface area contributed by atoms with E-state index in [1.54, 1.807) is 6.92 Å². The van der Waals surface area contributed by atoms with E-state index in [1.807, 2.05) is 0 Å². The minimum Gasteiger partial charge on any atom is -0.466 e. The molecule has 1 amide bonds. The second kappa shape index (κ2) is 9.51. The van der Waals surface area contributed by atoms with Gasteiger partial charge in [0.15, 0.2) is 12.2 Å². The van der Waals surface area contributed by atoms with Crippen molar-refractivity contribution in [2.75, 3.05) is 13.2 Å². The largest absolute Gasteiger partial charge is 0.490 e. The molecule has 2 aliphatic heterocycles. The second-order valence-corrected chi connectivity index (χ2v) is 7.27. The Balaban J connectivity index is 1.99. The third-order valence-corrected chi connectivity index (χ3v) is 4.97. The van der Waals surface area contributed by atoms with Crippen LogP contribution in [0, 0.1) is 5.82 Å². The number of ketones is 1. The molecule has 0 saturated heterocycles. The van der Waals surface area contributed by atoms with Crippen LogP contribution in [0.3, 0.4) is 0 Å². The van der Waals surface area contributed by atoms with Crippen LogP contribution in [0.15, 0.2) is 36.5 Å². The molecule has 1 aromatic rings. The predicted octanol–water partition coefficient (Wildman–Crippen LogP) is 1.51. The molecule has 3 rings (SSSR count). The molecule has 2 unspecified atom stereocenters. The number of hydrogen-bond donors (Lipinski definition) is 0. The molecule has 0 N–H and O–H groups in total. The van der Waals surface area contributed by atoms with Crippen LogP contribution in [0.1, 0.15) is 18.9 Å². The molecular formula is C21H19F4N2O6+. The molecule has 2 heterocycles. The van der Waals surface area contributed by atoms with Gasteiger partial charge < -0.3 is 14.4 Å². The summed E-state index contributed by atoms with van der Waals surface area (Å²) in [6.45, 7) is 1.53. The van der Waals surface area contributed by atoms with Gasteiger partial charge in [-0.3, -0.25) is 14.4 Å². The van der Waals surface area contributed by atoms with E-state index in [-0.39, 0.29) is 26.1 Å². The Kier molecular flexibility index (Phi) is 6.94. The van der Waals surface area contributed by atoms with Gasteiger partial charge in [0, 0.05) is 12.6 Å². The Bertz CT molecular complexity index is 1030. The van der Waals surface area contributed by atoms with Gasteiger partial charge in [-0.2, -0.15) is 17.7 Å². The van der Waals surface area contributed by atoms with Crippen LogP contribution in [-0.4, -0.2) is 70.3 Å². The van der Waals surface area contributed by atoms with E-state index < -0.39 is 53.5 Å². The zero-order valence-corrected chi connectivity index (χ0v) is 17.3. The molecule has 176 valence electrons. The summed E-state index contributed by atoms with van der Waals surface area (Å²) in [4.78, 5) is 50.2. The van der Waals surface area contributed by atoms with E-state index in [1.165, 1.54) is 29.2 Å². The van der Waals surface area contributed by atoms with Gasteiger partial charge in [0.2, 0.25) is 5.78 Å². The highest BCUT2D eigenvalue weighted by atomic mass is 19.4. The first kappa shape index (κ1) is 24.1. The molecule has 0 fully saturated rings. The summed E-state index contributed by atoms with van der Waals surface area (Å²) in [5.74, 6) is -5.67. The van der Waals surface area contributed by atoms with Crippen LogP contribution in [-0.2, 0) is 35.2 Å². The number of halogens is 4. The van der Waals surface area contributed by atoms with Crippen LogP contribution in [0.2, 0.25) is 0 Å². The van der Waals surface area contributed by atoms with Crippen molar-refractivity contribution in [2.45, 2.75) is 38.2 Å². The van der Waals surface area contributed by atoms with Crippen LogP contribution in [0.4, 0.5) is 17.6 Å². The van der Waals surface area contributed by atoms with Gasteiger partial charge in [-0.1, -0.05) is 12.1 Å². The highest BCUT2D eigenvalue weighted by Gasteiger charge is 2.52. The molecule has 0 radical (unpaired) electrons. The summed E-state index contributed by atoms with van der Waals surface area (Å²) in [7, 11) is 0. The first-order valence-corrected chi connectivity index (χ1v) is 9.85. The minimum atomic E-state index is -5.39. The molecule has 12 heteroatoms. The first-order valence-electron chi connectivity index (χ1n) is 9.85. The molecule has 0 bridgehead atoms. The average Bonchev–Trinajstić information content (AvgIpc) is 2.73. The third-order valence-electron chi connectivity index (χ3n) is 4.97. The Labute approximate surface area is 185 Å². The number of nitrogens with zero attached hydrogens (tertiary/aromatic N) is 2. The van der Waals surface area contributed by atoms with Crippen LogP contribution in [0.5, 0.6) is 0 Å². The zero-order chi connectivity index (χ0) is 24.3. The van der Waals surface area contributed by atoms with Gasteiger partial charge >= 0.3 is 24.0 Å². The standard InChI is InChI=1S/C21H19F4N2O6/c1-2-32-16(29)9-14-11-26(10-12-3-5-13(22)6-4-12)19(30)17-18(15(28)7-8-27(14)17)33-20(31)21(23,24)25/h3-8,14,18H,2,9-11H2,1H3/q+1. The van der Waals surface area contributed by atoms with Gasteiger partial charge in [0.05, 0.1) is 13.2 Å². The number of amides is 1. The topological polar surface area (TPSA) is 93.0 Å². The quantitative estimate of drug-likeness (QED) is 0.355. The number of esters is 2. The van der Waals surface area contributed by atoms with E-state index in [0.29, 0.717) is 5.56 Å². The first-order chi connectivity index (χ1) is 15.5. The Morgan fingerprint density at radius 1 is 1.18 bits per heavy atom. The molecule has 8 nitrogen and oxygen atoms in total. The van der Waals surface area contributed by atoms with E-state index in [4.69, 9.17) is 4.74 Å². The van der Waals surface area contributed by atoms with Crippen molar-refractivity contribution in [3.8, 4) is 0 Å². The maximum Gasteiger partial charge on any atom is 0.490 e. The van der Waals surface area contributed by atoms with E-state index in [2.05, 4.69) is 4.74 Å². The normalized spacial score (nSPS) is 20.6. The number of carbonyl (C=O) groups is 4. The van der Waals surface area contributed by atoms with Gasteiger partial charge in [-0.15, -0.1) is 0 Å². The fourth-order valence-electron chi connectivity index (χ4n) is 3.53. The minimum absolute atomic E-state index is 0.0585. The number of benzene rings is 1. The van der Waals surface area contributed by atoms with Gasteiger partial charge in [-0.25, -0.2) is 9.18 Å². The maximum atomic E-state index is 13.2. The highest BCUT2D eigenvalue weighted by molar-refractivity contribution is 6.44. The Hall–Kier alpha value is -3.57. The van der Waals surface area contributed by atoms with Crippen molar-refractivity contribution < 1.29 is 50.8 Å². The SMILES string of the molecule is CCOC(=O)CC1CN(Cc2ccc(F)cc2)C(=O)C2=[N+]1C=CC(=O)C2OC(=O)C(F)(F)F. The molecule has 0 spiro atoms.